The number of ether oxygens (including phenoxy) is 1. The van der Waals surface area contributed by atoms with E-state index in [1.54, 1.807) is 5.57 Å². The van der Waals surface area contributed by atoms with Gasteiger partial charge in [-0.25, -0.2) is 4.79 Å². The molecule has 0 radical (unpaired) electrons. The van der Waals surface area contributed by atoms with E-state index in [9.17, 15) is 4.79 Å². The summed E-state index contributed by atoms with van der Waals surface area (Å²) in [5.74, 6) is 3.51. The number of carbonyl (C=O) groups excluding carboxylic acids is 1. The summed E-state index contributed by atoms with van der Waals surface area (Å²) < 4.78 is 13.4. The van der Waals surface area contributed by atoms with Crippen molar-refractivity contribution in [3.05, 3.63) is 47.5 Å². The molecule has 0 bridgehead atoms. The molecular formula is C40H64O3Si. The summed E-state index contributed by atoms with van der Waals surface area (Å²) in [5, 5.41) is 0. The van der Waals surface area contributed by atoms with Crippen LogP contribution in [0.15, 0.2) is 42.0 Å². The molecule has 3 nitrogen and oxygen atoms in total. The summed E-state index contributed by atoms with van der Waals surface area (Å²) >= 11 is 0. The van der Waals surface area contributed by atoms with E-state index in [-0.39, 0.29) is 22.9 Å². The van der Waals surface area contributed by atoms with Crippen molar-refractivity contribution < 1.29 is 14.0 Å². The molecule has 0 spiro atoms. The minimum Gasteiger partial charge on any atom is -0.458 e. The molecule has 0 aliphatic heterocycles. The summed E-state index contributed by atoms with van der Waals surface area (Å²) in [4.78, 5) is 13.1. The van der Waals surface area contributed by atoms with Crippen LogP contribution in [-0.2, 0) is 9.16 Å². The highest BCUT2D eigenvalue weighted by Crippen LogP contribution is 2.69. The average molecular weight is 621 g/mol. The first-order valence-electron chi connectivity index (χ1n) is 18.2. The molecule has 0 amide bonds. The molecule has 4 aliphatic carbocycles. The molecule has 1 aromatic carbocycles. The topological polar surface area (TPSA) is 35.5 Å². The van der Waals surface area contributed by atoms with Crippen molar-refractivity contribution in [1.29, 1.82) is 0 Å². The number of hydrogen-bond donors (Lipinski definition) is 0. The molecule has 0 saturated heterocycles. The van der Waals surface area contributed by atoms with E-state index in [4.69, 9.17) is 9.16 Å². The molecule has 8 atom stereocenters. The van der Waals surface area contributed by atoms with E-state index in [2.05, 4.69) is 82.2 Å². The molecule has 246 valence electrons. The molecule has 5 rings (SSSR count). The van der Waals surface area contributed by atoms with Gasteiger partial charge < -0.3 is 9.16 Å². The molecule has 4 aliphatic rings. The fraction of sp³-hybridized carbons (Fsp3) is 0.775. The molecule has 0 aromatic heterocycles. The molecule has 4 heteroatoms. The van der Waals surface area contributed by atoms with Crippen LogP contribution in [0, 0.1) is 45.8 Å². The maximum atomic E-state index is 13.1. The van der Waals surface area contributed by atoms with Crippen molar-refractivity contribution in [2.45, 2.75) is 144 Å². The zero-order valence-corrected chi connectivity index (χ0v) is 31.0. The third-order valence-electron chi connectivity index (χ3n) is 14.2. The number of hydrogen-bond acceptors (Lipinski definition) is 3. The largest absolute Gasteiger partial charge is 0.458 e. The predicted octanol–water partition coefficient (Wildman–Crippen LogP) is 11.3. The Hall–Kier alpha value is -1.39. The lowest BCUT2D eigenvalue weighted by Crippen LogP contribution is -2.55. The average Bonchev–Trinajstić information content (AvgIpc) is 3.32. The monoisotopic (exact) mass is 620 g/mol. The van der Waals surface area contributed by atoms with Crippen LogP contribution in [0.1, 0.15) is 131 Å². The number of rotatable bonds is 9. The fourth-order valence-corrected chi connectivity index (χ4v) is 17.8. The van der Waals surface area contributed by atoms with Crippen LogP contribution >= 0.6 is 0 Å². The van der Waals surface area contributed by atoms with Crippen LogP contribution in [0.3, 0.4) is 0 Å². The third kappa shape index (κ3) is 5.40. The summed E-state index contributed by atoms with van der Waals surface area (Å²) in [6.07, 6.45) is 11.3. The van der Waals surface area contributed by atoms with Gasteiger partial charge in [0.25, 0.3) is 0 Å². The van der Waals surface area contributed by atoms with Gasteiger partial charge >= 0.3 is 5.97 Å². The Morgan fingerprint density at radius 2 is 1.48 bits per heavy atom. The Balaban J connectivity index is 1.32. The maximum Gasteiger partial charge on any atom is 0.338 e. The summed E-state index contributed by atoms with van der Waals surface area (Å²) in [6, 6.07) is 9.51. The van der Waals surface area contributed by atoms with Crippen molar-refractivity contribution in [2.24, 2.45) is 45.8 Å². The number of allylic oxidation sites excluding steroid dienone is 1. The van der Waals surface area contributed by atoms with Gasteiger partial charge in [0.1, 0.15) is 6.10 Å². The minimum atomic E-state index is -1.86. The predicted molar refractivity (Wildman–Crippen MR) is 186 cm³/mol. The summed E-state index contributed by atoms with van der Waals surface area (Å²) in [6.45, 7) is 27.9. The van der Waals surface area contributed by atoms with E-state index in [1.165, 1.54) is 32.1 Å². The van der Waals surface area contributed by atoms with E-state index >= 15 is 0 Å². The second-order valence-electron chi connectivity index (χ2n) is 17.5. The fourth-order valence-electron chi connectivity index (χ4n) is 12.2. The Morgan fingerprint density at radius 3 is 2.09 bits per heavy atom. The lowest BCUT2D eigenvalue weighted by molar-refractivity contribution is -0.0838. The molecule has 1 aromatic rings. The van der Waals surface area contributed by atoms with Crippen molar-refractivity contribution in [2.75, 3.05) is 6.61 Å². The number of benzene rings is 1. The van der Waals surface area contributed by atoms with Crippen molar-refractivity contribution >= 4 is 14.3 Å². The van der Waals surface area contributed by atoms with Gasteiger partial charge in [0.05, 0.1) is 5.56 Å². The quantitative estimate of drug-likeness (QED) is 0.156. The molecule has 44 heavy (non-hydrogen) atoms. The van der Waals surface area contributed by atoms with Crippen LogP contribution in [0.25, 0.3) is 0 Å². The Morgan fingerprint density at radius 1 is 0.841 bits per heavy atom. The number of fused-ring (bicyclic) bond motifs is 5. The third-order valence-corrected chi connectivity index (χ3v) is 20.3. The summed E-state index contributed by atoms with van der Waals surface area (Å²) in [7, 11) is -1.86. The minimum absolute atomic E-state index is 0.0742. The Labute approximate surface area is 271 Å². The first-order valence-corrected chi connectivity index (χ1v) is 20.4. The van der Waals surface area contributed by atoms with Crippen molar-refractivity contribution in [3.8, 4) is 0 Å². The maximum absolute atomic E-state index is 13.1. The smallest absolute Gasteiger partial charge is 0.338 e. The van der Waals surface area contributed by atoms with Gasteiger partial charge in [-0.2, -0.15) is 0 Å². The highest BCUT2D eigenvalue weighted by atomic mass is 28.4. The van der Waals surface area contributed by atoms with Gasteiger partial charge in [0.15, 0.2) is 8.32 Å². The second kappa shape index (κ2) is 12.3. The molecule has 1 unspecified atom stereocenters. The first kappa shape index (κ1) is 34.0. The molecular weight excluding hydrogens is 557 g/mol. The van der Waals surface area contributed by atoms with Gasteiger partial charge in [0.2, 0.25) is 0 Å². The number of carbonyl (C=O) groups is 1. The van der Waals surface area contributed by atoms with Crippen molar-refractivity contribution in [1.82, 2.24) is 0 Å². The van der Waals surface area contributed by atoms with Crippen LogP contribution in [0.4, 0.5) is 0 Å². The SMILES string of the molecule is CC(C)[Si](OC[C@@H](C)[C@H]1CC[C@H]2[C@@H]3CC=C4C(C)(C)C(OC(=O)c5ccccc5)CC[C@]4(C)[C@H]3CC[C@]12C)(C(C)C)C(C)C. The lowest BCUT2D eigenvalue weighted by Gasteiger charge is -2.61. The van der Waals surface area contributed by atoms with E-state index in [0.717, 1.165) is 43.1 Å². The second-order valence-corrected chi connectivity index (χ2v) is 23.0. The normalized spacial score (nSPS) is 35.6. The van der Waals surface area contributed by atoms with E-state index in [1.807, 2.05) is 30.3 Å². The highest BCUT2D eigenvalue weighted by molar-refractivity contribution is 6.77. The zero-order valence-electron chi connectivity index (χ0n) is 30.0. The van der Waals surface area contributed by atoms with Gasteiger partial charge in [-0.3, -0.25) is 0 Å². The van der Waals surface area contributed by atoms with E-state index in [0.29, 0.717) is 33.5 Å². The van der Waals surface area contributed by atoms with Crippen LogP contribution < -0.4 is 0 Å². The highest BCUT2D eigenvalue weighted by Gasteiger charge is 2.62. The van der Waals surface area contributed by atoms with Gasteiger partial charge in [-0.1, -0.05) is 106 Å². The summed E-state index contributed by atoms with van der Waals surface area (Å²) in [5.41, 5.74) is 4.62. The Bertz CT molecular complexity index is 1180. The standard InChI is InChI=1S/C40H64O3Si/c1-26(2)44(27(3)4,28(5)6)42-25-29(7)32-18-19-33-31-17-20-35-38(8,9)36(43-37(41)30-15-13-12-14-16-30)22-24-40(35,11)34(31)21-23-39(32,33)10/h12-16,20,26-29,31-34,36H,17-19,21-25H2,1-11H3/t29-,31+,32-,33+,34+,36?,39-,40-/m1/s1. The van der Waals surface area contributed by atoms with Gasteiger partial charge in [-0.05, 0) is 114 Å². The van der Waals surface area contributed by atoms with Crippen molar-refractivity contribution in [3.63, 3.8) is 0 Å². The molecule has 0 heterocycles. The van der Waals surface area contributed by atoms with Gasteiger partial charge in [0, 0.05) is 12.0 Å². The number of esters is 1. The van der Waals surface area contributed by atoms with Crippen LogP contribution in [-0.4, -0.2) is 27.0 Å². The van der Waals surface area contributed by atoms with Crippen LogP contribution in [0.5, 0.6) is 0 Å². The first-order chi connectivity index (χ1) is 20.6. The molecule has 3 fully saturated rings. The van der Waals surface area contributed by atoms with Gasteiger partial charge in [-0.15, -0.1) is 0 Å². The Kier molecular flexibility index (Phi) is 9.51. The van der Waals surface area contributed by atoms with Crippen LogP contribution in [0.2, 0.25) is 16.6 Å². The molecule has 0 N–H and O–H groups in total. The van der Waals surface area contributed by atoms with E-state index < -0.39 is 8.32 Å². The zero-order chi connectivity index (χ0) is 32.2. The molecule has 3 saturated carbocycles. The lowest BCUT2D eigenvalue weighted by atomic mass is 9.44.